The number of carbonyl (C=O) groups is 2. The molecule has 0 aromatic heterocycles. The summed E-state index contributed by atoms with van der Waals surface area (Å²) in [6.45, 7) is 0.149. The number of carboxylic acids is 1. The zero-order chi connectivity index (χ0) is 15.3. The molecule has 1 amide bonds. The van der Waals surface area contributed by atoms with E-state index in [0.717, 1.165) is 6.26 Å². The zero-order valence-electron chi connectivity index (χ0n) is 10.9. The van der Waals surface area contributed by atoms with Crippen LogP contribution in [-0.2, 0) is 26.0 Å². The van der Waals surface area contributed by atoms with Crippen molar-refractivity contribution >= 4 is 21.7 Å². The molecule has 8 heteroatoms. The Morgan fingerprint density at radius 3 is 2.30 bits per heavy atom. The maximum Gasteiger partial charge on any atom is 0.305 e. The van der Waals surface area contributed by atoms with E-state index in [-0.39, 0.29) is 11.4 Å². The van der Waals surface area contributed by atoms with Gasteiger partial charge in [-0.25, -0.2) is 8.42 Å². The van der Waals surface area contributed by atoms with Gasteiger partial charge in [0.05, 0.1) is 17.4 Å². The van der Waals surface area contributed by atoms with E-state index in [9.17, 15) is 18.0 Å². The Labute approximate surface area is 116 Å². The lowest BCUT2D eigenvalue weighted by Gasteiger charge is -2.10. The van der Waals surface area contributed by atoms with Gasteiger partial charge in [-0.3, -0.25) is 9.59 Å². The van der Waals surface area contributed by atoms with Gasteiger partial charge in [0.1, 0.15) is 0 Å². The number of sulfone groups is 1. The minimum absolute atomic E-state index is 0.149. The third-order valence-electron chi connectivity index (χ3n) is 2.55. The van der Waals surface area contributed by atoms with Crippen molar-refractivity contribution < 1.29 is 23.1 Å². The number of amides is 1. The Balaban J connectivity index is 2.58. The van der Waals surface area contributed by atoms with Crippen LogP contribution in [0.15, 0.2) is 29.2 Å². The third kappa shape index (κ3) is 4.98. The molecule has 0 saturated heterocycles. The molecule has 0 aliphatic carbocycles. The zero-order valence-corrected chi connectivity index (χ0v) is 11.7. The minimum atomic E-state index is -3.25. The molecule has 7 nitrogen and oxygen atoms in total. The number of rotatable bonds is 6. The van der Waals surface area contributed by atoms with E-state index in [1.54, 1.807) is 12.1 Å². The lowest BCUT2D eigenvalue weighted by molar-refractivity contribution is -0.139. The van der Waals surface area contributed by atoms with E-state index in [1.165, 1.54) is 12.1 Å². The molecule has 0 radical (unpaired) electrons. The maximum atomic E-state index is 11.5. The number of hydrogen-bond donors (Lipinski definition) is 3. The average Bonchev–Trinajstić information content (AvgIpc) is 2.34. The summed E-state index contributed by atoms with van der Waals surface area (Å²) >= 11 is 0. The normalized spacial score (nSPS) is 12.7. The fraction of sp³-hybridized carbons (Fsp3) is 0.333. The number of hydrogen-bond acceptors (Lipinski definition) is 5. The van der Waals surface area contributed by atoms with Crippen LogP contribution in [0.3, 0.4) is 0 Å². The molecule has 0 saturated carbocycles. The van der Waals surface area contributed by atoms with E-state index in [1.807, 2.05) is 0 Å². The Morgan fingerprint density at radius 1 is 1.30 bits per heavy atom. The van der Waals surface area contributed by atoms with E-state index in [0.29, 0.717) is 5.56 Å². The molecular weight excluding hydrogens is 284 g/mol. The van der Waals surface area contributed by atoms with Crippen molar-refractivity contribution in [3.05, 3.63) is 29.8 Å². The molecule has 1 unspecified atom stereocenters. The molecule has 1 aromatic carbocycles. The largest absolute Gasteiger partial charge is 0.481 e. The Bertz CT molecular complexity index is 595. The molecular formula is C12H16N2O5S. The van der Waals surface area contributed by atoms with Crippen molar-refractivity contribution in [3.8, 4) is 0 Å². The summed E-state index contributed by atoms with van der Waals surface area (Å²) in [5.74, 6) is -1.72. The lowest BCUT2D eigenvalue weighted by atomic mass is 10.2. The van der Waals surface area contributed by atoms with Crippen LogP contribution in [0, 0.1) is 0 Å². The van der Waals surface area contributed by atoms with Crippen molar-refractivity contribution in [1.29, 1.82) is 0 Å². The van der Waals surface area contributed by atoms with Gasteiger partial charge in [-0.05, 0) is 17.7 Å². The van der Waals surface area contributed by atoms with Crippen molar-refractivity contribution in [2.75, 3.05) is 6.26 Å². The summed E-state index contributed by atoms with van der Waals surface area (Å²) in [4.78, 5) is 22.1. The second-order valence-corrected chi connectivity index (χ2v) is 6.35. The fourth-order valence-corrected chi connectivity index (χ4v) is 2.09. The van der Waals surface area contributed by atoms with Crippen molar-refractivity contribution in [3.63, 3.8) is 0 Å². The van der Waals surface area contributed by atoms with Crippen LogP contribution < -0.4 is 11.1 Å². The monoisotopic (exact) mass is 300 g/mol. The predicted molar refractivity (Wildman–Crippen MR) is 71.6 cm³/mol. The molecule has 0 fully saturated rings. The van der Waals surface area contributed by atoms with Gasteiger partial charge >= 0.3 is 5.97 Å². The Kier molecular flexibility index (Phi) is 5.23. The van der Waals surface area contributed by atoms with Crippen LogP contribution in [0.1, 0.15) is 12.0 Å². The molecule has 0 heterocycles. The quantitative estimate of drug-likeness (QED) is 0.650. The van der Waals surface area contributed by atoms with Gasteiger partial charge in [0, 0.05) is 12.8 Å². The summed E-state index contributed by atoms with van der Waals surface area (Å²) < 4.78 is 22.5. The molecule has 0 bridgehead atoms. The second kappa shape index (κ2) is 6.49. The first-order chi connectivity index (χ1) is 9.20. The van der Waals surface area contributed by atoms with E-state index < -0.39 is 34.2 Å². The van der Waals surface area contributed by atoms with E-state index in [4.69, 9.17) is 10.8 Å². The maximum absolute atomic E-state index is 11.5. The number of nitrogens with one attached hydrogen (secondary N) is 1. The fourth-order valence-electron chi connectivity index (χ4n) is 1.46. The van der Waals surface area contributed by atoms with E-state index in [2.05, 4.69) is 5.32 Å². The standard InChI is InChI=1S/C12H16N2O5S/c1-20(18,19)9-4-2-8(3-5-9)7-14-12(17)10(13)6-11(15)16/h2-5,10H,6-7,13H2,1H3,(H,14,17)(H,15,16). The smallest absolute Gasteiger partial charge is 0.305 e. The first-order valence-electron chi connectivity index (χ1n) is 5.74. The SMILES string of the molecule is CS(=O)(=O)c1ccc(CNC(=O)C(N)CC(=O)O)cc1. The van der Waals surface area contributed by atoms with Crippen LogP contribution >= 0.6 is 0 Å². The molecule has 4 N–H and O–H groups in total. The first-order valence-corrected chi connectivity index (χ1v) is 7.63. The summed E-state index contributed by atoms with van der Waals surface area (Å²) in [5.41, 5.74) is 6.08. The predicted octanol–water partition coefficient (Wildman–Crippen LogP) is -0.492. The van der Waals surface area contributed by atoms with Crippen LogP contribution in [0.25, 0.3) is 0 Å². The molecule has 1 atom stereocenters. The summed E-state index contributed by atoms with van der Waals surface area (Å²) in [6.07, 6.45) is 0.660. The number of aliphatic carboxylic acids is 1. The van der Waals surface area contributed by atoms with Gasteiger partial charge < -0.3 is 16.2 Å². The van der Waals surface area contributed by atoms with Gasteiger partial charge in [-0.1, -0.05) is 12.1 Å². The summed E-state index contributed by atoms with van der Waals surface area (Å²) in [6, 6.07) is 4.91. The highest BCUT2D eigenvalue weighted by Crippen LogP contribution is 2.10. The third-order valence-corrected chi connectivity index (χ3v) is 3.68. The summed E-state index contributed by atoms with van der Waals surface area (Å²) in [7, 11) is -3.25. The van der Waals surface area contributed by atoms with Crippen molar-refractivity contribution in [2.45, 2.75) is 23.9 Å². The van der Waals surface area contributed by atoms with Gasteiger partial charge in [0.15, 0.2) is 9.84 Å². The van der Waals surface area contributed by atoms with Gasteiger partial charge in [-0.2, -0.15) is 0 Å². The van der Waals surface area contributed by atoms with Crippen LogP contribution in [0.5, 0.6) is 0 Å². The second-order valence-electron chi connectivity index (χ2n) is 4.34. The highest BCUT2D eigenvalue weighted by atomic mass is 32.2. The summed E-state index contributed by atoms with van der Waals surface area (Å²) in [5, 5.41) is 11.0. The van der Waals surface area contributed by atoms with Crippen molar-refractivity contribution in [1.82, 2.24) is 5.32 Å². The van der Waals surface area contributed by atoms with Gasteiger partial charge in [0.2, 0.25) is 5.91 Å². The first kappa shape index (κ1) is 16.1. The van der Waals surface area contributed by atoms with Crippen molar-refractivity contribution in [2.24, 2.45) is 5.73 Å². The average molecular weight is 300 g/mol. The Hall–Kier alpha value is -1.93. The molecule has 0 aliphatic rings. The molecule has 1 rings (SSSR count). The van der Waals surface area contributed by atoms with Crippen LogP contribution in [-0.4, -0.2) is 37.7 Å². The van der Waals surface area contributed by atoms with Crippen LogP contribution in [0.4, 0.5) is 0 Å². The number of carboxylic acid groups (broad SMARTS) is 1. The number of nitrogens with two attached hydrogens (primary N) is 1. The molecule has 0 aliphatic heterocycles. The Morgan fingerprint density at radius 2 is 1.85 bits per heavy atom. The molecule has 1 aromatic rings. The lowest BCUT2D eigenvalue weighted by Crippen LogP contribution is -2.41. The van der Waals surface area contributed by atoms with Crippen LogP contribution in [0.2, 0.25) is 0 Å². The molecule has 110 valence electrons. The minimum Gasteiger partial charge on any atom is -0.481 e. The molecule has 0 spiro atoms. The molecule has 20 heavy (non-hydrogen) atoms. The van der Waals surface area contributed by atoms with E-state index >= 15 is 0 Å². The van der Waals surface area contributed by atoms with Gasteiger partial charge in [-0.15, -0.1) is 0 Å². The van der Waals surface area contributed by atoms with Gasteiger partial charge in [0.25, 0.3) is 0 Å². The topological polar surface area (TPSA) is 127 Å². The highest BCUT2D eigenvalue weighted by molar-refractivity contribution is 7.90. The number of benzene rings is 1. The highest BCUT2D eigenvalue weighted by Gasteiger charge is 2.16. The number of carbonyl (C=O) groups excluding carboxylic acids is 1.